The van der Waals surface area contributed by atoms with Crippen LogP contribution in [0.3, 0.4) is 0 Å². The first-order valence-electron chi connectivity index (χ1n) is 8.19. The molecule has 0 N–H and O–H groups in total. The molecule has 1 amide bonds. The summed E-state index contributed by atoms with van der Waals surface area (Å²) in [5, 5.41) is 3.85. The molecular formula is C17H19FN4OS. The maximum atomic E-state index is 13.0. The van der Waals surface area contributed by atoms with Gasteiger partial charge < -0.3 is 9.80 Å². The van der Waals surface area contributed by atoms with Gasteiger partial charge in [-0.15, -0.1) is 0 Å². The van der Waals surface area contributed by atoms with Crippen molar-refractivity contribution >= 4 is 23.2 Å². The van der Waals surface area contributed by atoms with Crippen LogP contribution in [0.2, 0.25) is 0 Å². The van der Waals surface area contributed by atoms with Crippen LogP contribution in [0.25, 0.3) is 0 Å². The Labute approximate surface area is 144 Å². The highest BCUT2D eigenvalue weighted by atomic mass is 32.1. The molecule has 1 spiro atoms. The number of thiophene rings is 1. The van der Waals surface area contributed by atoms with Gasteiger partial charge in [-0.2, -0.15) is 11.3 Å². The first-order chi connectivity index (χ1) is 11.7. The monoisotopic (exact) mass is 346 g/mol. The zero-order valence-corrected chi connectivity index (χ0v) is 14.1. The van der Waals surface area contributed by atoms with E-state index in [4.69, 9.17) is 0 Å². The minimum atomic E-state index is -0.409. The average Bonchev–Trinajstić information content (AvgIpc) is 3.26. The number of aromatic nitrogens is 2. The lowest BCUT2D eigenvalue weighted by atomic mass is 9.77. The summed E-state index contributed by atoms with van der Waals surface area (Å²) in [6.45, 7) is 3.38. The fraction of sp³-hybridized carbons (Fsp3) is 0.471. The quantitative estimate of drug-likeness (QED) is 0.839. The molecule has 2 saturated heterocycles. The number of piperidine rings is 1. The second-order valence-corrected chi connectivity index (χ2v) is 7.46. The van der Waals surface area contributed by atoms with Crippen LogP contribution in [-0.4, -0.2) is 47.0 Å². The topological polar surface area (TPSA) is 49.3 Å². The highest BCUT2D eigenvalue weighted by molar-refractivity contribution is 7.08. The molecule has 24 heavy (non-hydrogen) atoms. The Morgan fingerprint density at radius 3 is 2.54 bits per heavy atom. The van der Waals surface area contributed by atoms with Crippen LogP contribution in [0.4, 0.5) is 10.3 Å². The van der Waals surface area contributed by atoms with Crippen molar-refractivity contribution in [2.24, 2.45) is 5.41 Å². The number of nitrogens with zero attached hydrogens (tertiary/aromatic N) is 4. The molecule has 0 atom stereocenters. The average molecular weight is 346 g/mol. The Kier molecular flexibility index (Phi) is 3.96. The summed E-state index contributed by atoms with van der Waals surface area (Å²) in [6.07, 6.45) is 5.51. The van der Waals surface area contributed by atoms with Crippen LogP contribution >= 0.6 is 11.3 Å². The molecule has 0 unspecified atom stereocenters. The summed E-state index contributed by atoms with van der Waals surface area (Å²) in [5.74, 6) is 0.334. The Balaban J connectivity index is 1.39. The maximum absolute atomic E-state index is 13.0. The van der Waals surface area contributed by atoms with Crippen LogP contribution in [-0.2, 0) is 0 Å². The third-order valence-electron chi connectivity index (χ3n) is 5.21. The van der Waals surface area contributed by atoms with E-state index in [9.17, 15) is 9.18 Å². The molecule has 4 rings (SSSR count). The summed E-state index contributed by atoms with van der Waals surface area (Å²) in [6, 6.07) is 1.89. The molecule has 0 saturated carbocycles. The lowest BCUT2D eigenvalue weighted by Gasteiger charge is -2.39. The van der Waals surface area contributed by atoms with Gasteiger partial charge in [-0.3, -0.25) is 4.79 Å². The molecule has 2 aromatic heterocycles. The van der Waals surface area contributed by atoms with E-state index in [1.54, 1.807) is 11.3 Å². The molecule has 0 radical (unpaired) electrons. The van der Waals surface area contributed by atoms with E-state index >= 15 is 0 Å². The van der Waals surface area contributed by atoms with E-state index in [1.165, 1.54) is 12.4 Å². The first kappa shape index (κ1) is 15.5. The molecule has 2 aliphatic heterocycles. The largest absolute Gasteiger partial charge is 0.340 e. The van der Waals surface area contributed by atoms with Crippen LogP contribution in [0.15, 0.2) is 29.2 Å². The minimum Gasteiger partial charge on any atom is -0.340 e. The molecule has 4 heterocycles. The Hall–Kier alpha value is -2.02. The van der Waals surface area contributed by atoms with E-state index in [-0.39, 0.29) is 11.3 Å². The van der Waals surface area contributed by atoms with Crippen LogP contribution in [0.5, 0.6) is 0 Å². The van der Waals surface area contributed by atoms with E-state index in [0.717, 1.165) is 51.0 Å². The molecule has 0 bridgehead atoms. The lowest BCUT2D eigenvalue weighted by Crippen LogP contribution is -2.44. The molecule has 0 aliphatic carbocycles. The van der Waals surface area contributed by atoms with Crippen LogP contribution in [0, 0.1) is 11.2 Å². The SMILES string of the molecule is O=C(c1ccsc1)N1CCC2(CC1)CCN(c1ncc(F)cn1)C2. The molecule has 7 heteroatoms. The van der Waals surface area contributed by atoms with E-state index in [0.29, 0.717) is 5.95 Å². The summed E-state index contributed by atoms with van der Waals surface area (Å²) in [5.41, 5.74) is 1.02. The standard InChI is InChI=1S/C17H19FN4OS/c18-14-9-19-16(20-10-14)22-7-4-17(12-22)2-5-21(6-3-17)15(23)13-1-8-24-11-13/h1,8-11H,2-7,12H2. The lowest BCUT2D eigenvalue weighted by molar-refractivity contribution is 0.0610. The Morgan fingerprint density at radius 1 is 1.17 bits per heavy atom. The molecule has 2 fully saturated rings. The van der Waals surface area contributed by atoms with E-state index in [2.05, 4.69) is 14.9 Å². The first-order valence-corrected chi connectivity index (χ1v) is 9.14. The predicted molar refractivity (Wildman–Crippen MR) is 90.7 cm³/mol. The molecule has 5 nitrogen and oxygen atoms in total. The zero-order chi connectivity index (χ0) is 16.6. The van der Waals surface area contributed by atoms with Gasteiger partial charge in [0.2, 0.25) is 5.95 Å². The smallest absolute Gasteiger partial charge is 0.254 e. The van der Waals surface area contributed by atoms with E-state index in [1.807, 2.05) is 21.7 Å². The number of anilines is 1. The maximum Gasteiger partial charge on any atom is 0.254 e. The van der Waals surface area contributed by atoms with Gasteiger partial charge in [0.05, 0.1) is 18.0 Å². The highest BCUT2D eigenvalue weighted by Crippen LogP contribution is 2.41. The summed E-state index contributed by atoms with van der Waals surface area (Å²) in [4.78, 5) is 24.7. The fourth-order valence-electron chi connectivity index (χ4n) is 3.74. The summed E-state index contributed by atoms with van der Waals surface area (Å²) >= 11 is 1.55. The Bertz CT molecular complexity index is 711. The Morgan fingerprint density at radius 2 is 1.88 bits per heavy atom. The van der Waals surface area contributed by atoms with E-state index < -0.39 is 5.82 Å². The normalized spacial score (nSPS) is 19.9. The summed E-state index contributed by atoms with van der Waals surface area (Å²) in [7, 11) is 0. The number of carbonyl (C=O) groups is 1. The van der Waals surface area contributed by atoms with Gasteiger partial charge in [-0.1, -0.05) is 0 Å². The van der Waals surface area contributed by atoms with Crippen molar-refractivity contribution in [3.05, 3.63) is 40.6 Å². The van der Waals surface area contributed by atoms with Gasteiger partial charge in [0, 0.05) is 31.6 Å². The van der Waals surface area contributed by atoms with Gasteiger partial charge in [0.15, 0.2) is 5.82 Å². The van der Waals surface area contributed by atoms with Crippen molar-refractivity contribution in [3.63, 3.8) is 0 Å². The van der Waals surface area contributed by atoms with Gasteiger partial charge in [-0.05, 0) is 36.1 Å². The zero-order valence-electron chi connectivity index (χ0n) is 13.3. The predicted octanol–water partition coefficient (Wildman–Crippen LogP) is 2.81. The van der Waals surface area contributed by atoms with Crippen molar-refractivity contribution in [3.8, 4) is 0 Å². The second-order valence-electron chi connectivity index (χ2n) is 6.68. The number of hydrogen-bond acceptors (Lipinski definition) is 5. The van der Waals surface area contributed by atoms with Crippen molar-refractivity contribution in [1.82, 2.24) is 14.9 Å². The number of hydrogen-bond donors (Lipinski definition) is 0. The van der Waals surface area contributed by atoms with Crippen molar-refractivity contribution < 1.29 is 9.18 Å². The molecular weight excluding hydrogens is 327 g/mol. The van der Waals surface area contributed by atoms with Crippen LogP contribution < -0.4 is 4.90 Å². The fourth-order valence-corrected chi connectivity index (χ4v) is 4.37. The number of carbonyl (C=O) groups excluding carboxylic acids is 1. The van der Waals surface area contributed by atoms with Crippen LogP contribution in [0.1, 0.15) is 29.6 Å². The third-order valence-corrected chi connectivity index (χ3v) is 5.89. The minimum absolute atomic E-state index is 0.142. The van der Waals surface area contributed by atoms with Crippen molar-refractivity contribution in [2.45, 2.75) is 19.3 Å². The number of amides is 1. The third kappa shape index (κ3) is 2.88. The molecule has 126 valence electrons. The van der Waals surface area contributed by atoms with Crippen molar-refractivity contribution in [1.29, 1.82) is 0 Å². The van der Waals surface area contributed by atoms with Gasteiger partial charge in [0.1, 0.15) is 0 Å². The molecule has 2 aromatic rings. The summed E-state index contributed by atoms with van der Waals surface area (Å²) < 4.78 is 13.0. The van der Waals surface area contributed by atoms with Crippen molar-refractivity contribution in [2.75, 3.05) is 31.1 Å². The number of rotatable bonds is 2. The molecule has 0 aromatic carbocycles. The highest BCUT2D eigenvalue weighted by Gasteiger charge is 2.42. The van der Waals surface area contributed by atoms with Gasteiger partial charge in [0.25, 0.3) is 5.91 Å². The second kappa shape index (κ2) is 6.12. The number of halogens is 1. The van der Waals surface area contributed by atoms with Gasteiger partial charge >= 0.3 is 0 Å². The molecule has 2 aliphatic rings. The van der Waals surface area contributed by atoms with Gasteiger partial charge in [-0.25, -0.2) is 14.4 Å². The number of likely N-dealkylation sites (tertiary alicyclic amines) is 1.